The number of rotatable bonds is 4. The number of hydrogen-bond acceptors (Lipinski definition) is 3. The predicted octanol–water partition coefficient (Wildman–Crippen LogP) is 2.14. The van der Waals surface area contributed by atoms with Crippen LogP contribution in [0.5, 0.6) is 0 Å². The zero-order valence-corrected chi connectivity index (χ0v) is 12.5. The molecular formula is C12H22N2O3Si. The van der Waals surface area contributed by atoms with E-state index in [2.05, 4.69) is 35.9 Å². The van der Waals surface area contributed by atoms with Crippen molar-refractivity contribution in [2.24, 2.45) is 0 Å². The number of methoxy groups -OCH3 is 1. The Bertz CT molecular complexity index is 350. The van der Waals surface area contributed by atoms with Crippen molar-refractivity contribution in [1.82, 2.24) is 10.4 Å². The fourth-order valence-electron chi connectivity index (χ4n) is 1.76. The van der Waals surface area contributed by atoms with E-state index in [0.717, 1.165) is 12.5 Å². The zero-order chi connectivity index (χ0) is 13.8. The lowest BCUT2D eigenvalue weighted by atomic mass is 10.2. The normalized spacial score (nSPS) is 20.6. The van der Waals surface area contributed by atoms with Gasteiger partial charge in [0, 0.05) is 14.5 Å². The third-order valence-corrected chi connectivity index (χ3v) is 4.20. The molecule has 0 aliphatic carbocycles. The summed E-state index contributed by atoms with van der Waals surface area (Å²) in [5.74, 6) is -0.0666. The Morgan fingerprint density at radius 1 is 1.56 bits per heavy atom. The van der Waals surface area contributed by atoms with Crippen LogP contribution in [0.25, 0.3) is 0 Å². The van der Waals surface area contributed by atoms with Crippen molar-refractivity contribution >= 4 is 20.1 Å². The second-order valence-corrected chi connectivity index (χ2v) is 11.2. The van der Waals surface area contributed by atoms with Gasteiger partial charge in [-0.25, -0.2) is 15.2 Å². The number of carbonyl (C=O) groups is 2. The van der Waals surface area contributed by atoms with Crippen molar-refractivity contribution < 1.29 is 14.3 Å². The monoisotopic (exact) mass is 270 g/mol. The Hall–Kier alpha value is -1.30. The Morgan fingerprint density at radius 2 is 2.22 bits per heavy atom. The van der Waals surface area contributed by atoms with Crippen LogP contribution in [0, 0.1) is 0 Å². The summed E-state index contributed by atoms with van der Waals surface area (Å²) in [5.41, 5.74) is 2.46. The van der Waals surface area contributed by atoms with Gasteiger partial charge in [-0.2, -0.15) is 0 Å². The van der Waals surface area contributed by atoms with Crippen molar-refractivity contribution in [3.63, 3.8) is 0 Å². The first-order chi connectivity index (χ1) is 8.33. The minimum absolute atomic E-state index is 0.0482. The van der Waals surface area contributed by atoms with Crippen molar-refractivity contribution in [2.75, 3.05) is 7.11 Å². The standard InChI is InChI=1S/C12H22N2O3Si/c1-17-12(16)13-14-10(7-8-11(14)15)6-5-9-18(2,3)4/h5-6,10H,7-9H2,1-4H3,(H,13,16)/b6-5+/t10-/m1/s1. The Balaban J connectivity index is 2.58. The predicted molar refractivity (Wildman–Crippen MR) is 72.7 cm³/mol. The summed E-state index contributed by atoms with van der Waals surface area (Å²) in [6.45, 7) is 6.88. The number of carbonyl (C=O) groups excluding carboxylic acids is 2. The van der Waals surface area contributed by atoms with E-state index in [-0.39, 0.29) is 11.9 Å². The Morgan fingerprint density at radius 3 is 2.78 bits per heavy atom. The molecule has 1 atom stereocenters. The van der Waals surface area contributed by atoms with Crippen LogP contribution in [0.2, 0.25) is 25.7 Å². The number of hydrogen-bond donors (Lipinski definition) is 1. The van der Waals surface area contributed by atoms with Gasteiger partial charge in [-0.1, -0.05) is 31.8 Å². The lowest BCUT2D eigenvalue weighted by Gasteiger charge is -2.22. The molecule has 6 heteroatoms. The van der Waals surface area contributed by atoms with E-state index in [1.807, 2.05) is 6.08 Å². The molecule has 0 spiro atoms. The van der Waals surface area contributed by atoms with Crippen LogP contribution in [0.15, 0.2) is 12.2 Å². The summed E-state index contributed by atoms with van der Waals surface area (Å²) in [4.78, 5) is 22.8. The van der Waals surface area contributed by atoms with E-state index < -0.39 is 14.2 Å². The summed E-state index contributed by atoms with van der Waals surface area (Å²) in [6.07, 6.45) is 4.74. The van der Waals surface area contributed by atoms with Crippen LogP contribution in [0.3, 0.4) is 0 Å². The fraction of sp³-hybridized carbons (Fsp3) is 0.667. The maximum Gasteiger partial charge on any atom is 0.425 e. The molecule has 0 aromatic carbocycles. The number of nitrogens with zero attached hydrogens (tertiary/aromatic N) is 1. The maximum atomic E-state index is 11.6. The number of hydrazine groups is 1. The highest BCUT2D eigenvalue weighted by Crippen LogP contribution is 2.19. The van der Waals surface area contributed by atoms with E-state index in [1.165, 1.54) is 12.1 Å². The minimum atomic E-state index is -1.11. The lowest BCUT2D eigenvalue weighted by Crippen LogP contribution is -2.46. The first-order valence-corrected chi connectivity index (χ1v) is 9.87. The molecule has 1 fully saturated rings. The number of allylic oxidation sites excluding steroid dienone is 1. The van der Waals surface area contributed by atoms with E-state index >= 15 is 0 Å². The molecule has 1 aliphatic rings. The second-order valence-electron chi connectivity index (χ2n) is 5.67. The number of nitrogens with one attached hydrogen (secondary N) is 1. The molecule has 0 saturated carbocycles. The highest BCUT2D eigenvalue weighted by atomic mass is 28.3. The maximum absolute atomic E-state index is 11.6. The van der Waals surface area contributed by atoms with Gasteiger partial charge in [-0.15, -0.1) is 0 Å². The molecule has 2 amide bonds. The van der Waals surface area contributed by atoms with Crippen LogP contribution >= 0.6 is 0 Å². The van der Waals surface area contributed by atoms with Crippen molar-refractivity contribution in [1.29, 1.82) is 0 Å². The van der Waals surface area contributed by atoms with E-state index in [4.69, 9.17) is 0 Å². The van der Waals surface area contributed by atoms with Gasteiger partial charge in [0.15, 0.2) is 0 Å². The number of ether oxygens (including phenoxy) is 1. The second kappa shape index (κ2) is 6.04. The molecule has 1 rings (SSSR count). The average Bonchev–Trinajstić information content (AvgIpc) is 2.59. The van der Waals surface area contributed by atoms with Crippen LogP contribution in [-0.4, -0.2) is 38.2 Å². The van der Waals surface area contributed by atoms with Crippen molar-refractivity contribution in [3.8, 4) is 0 Å². The quantitative estimate of drug-likeness (QED) is 0.629. The van der Waals surface area contributed by atoms with Gasteiger partial charge < -0.3 is 4.74 Å². The SMILES string of the molecule is COC(=O)NN1C(=O)CC[C@H]1/C=C/C[Si](C)(C)C. The molecule has 0 unspecified atom stereocenters. The van der Waals surface area contributed by atoms with Gasteiger partial charge in [0.05, 0.1) is 13.2 Å². The van der Waals surface area contributed by atoms with Gasteiger partial charge in [0.25, 0.3) is 0 Å². The zero-order valence-electron chi connectivity index (χ0n) is 11.5. The Kier molecular flexibility index (Phi) is 4.95. The summed E-state index contributed by atoms with van der Waals surface area (Å²) in [5, 5.41) is 1.37. The summed E-state index contributed by atoms with van der Waals surface area (Å²) in [7, 11) is 0.174. The van der Waals surface area contributed by atoms with Crippen molar-refractivity contribution in [2.45, 2.75) is 44.6 Å². The first-order valence-electron chi connectivity index (χ1n) is 6.17. The third kappa shape index (κ3) is 4.52. The lowest BCUT2D eigenvalue weighted by molar-refractivity contribution is -0.130. The molecule has 18 heavy (non-hydrogen) atoms. The highest BCUT2D eigenvalue weighted by molar-refractivity contribution is 6.76. The molecule has 1 aliphatic heterocycles. The smallest absolute Gasteiger partial charge is 0.425 e. The molecule has 5 nitrogen and oxygen atoms in total. The Labute approximate surface area is 109 Å². The molecule has 1 N–H and O–H groups in total. The van der Waals surface area contributed by atoms with Crippen LogP contribution in [0.4, 0.5) is 4.79 Å². The minimum Gasteiger partial charge on any atom is -0.452 e. The summed E-state index contributed by atoms with van der Waals surface area (Å²) < 4.78 is 4.51. The van der Waals surface area contributed by atoms with Crippen LogP contribution in [0.1, 0.15) is 12.8 Å². The summed E-state index contributed by atoms with van der Waals surface area (Å²) in [6, 6.07) is 1.02. The molecule has 0 aromatic rings. The van der Waals surface area contributed by atoms with Crippen molar-refractivity contribution in [3.05, 3.63) is 12.2 Å². The van der Waals surface area contributed by atoms with Gasteiger partial charge in [0.1, 0.15) is 0 Å². The van der Waals surface area contributed by atoms with E-state index in [9.17, 15) is 9.59 Å². The van der Waals surface area contributed by atoms with Gasteiger partial charge in [-0.3, -0.25) is 4.79 Å². The van der Waals surface area contributed by atoms with Gasteiger partial charge in [0.2, 0.25) is 5.91 Å². The molecule has 1 saturated heterocycles. The highest BCUT2D eigenvalue weighted by Gasteiger charge is 2.30. The topological polar surface area (TPSA) is 58.6 Å². The van der Waals surface area contributed by atoms with Gasteiger partial charge >= 0.3 is 6.09 Å². The molecule has 0 radical (unpaired) electrons. The first kappa shape index (κ1) is 14.8. The summed E-state index contributed by atoms with van der Waals surface area (Å²) >= 11 is 0. The molecule has 102 valence electrons. The largest absolute Gasteiger partial charge is 0.452 e. The average molecular weight is 270 g/mol. The van der Waals surface area contributed by atoms with Crippen LogP contribution in [-0.2, 0) is 9.53 Å². The van der Waals surface area contributed by atoms with E-state index in [1.54, 1.807) is 0 Å². The molecule has 1 heterocycles. The third-order valence-electron chi connectivity index (χ3n) is 2.74. The molecule has 0 aromatic heterocycles. The fourth-order valence-corrected chi connectivity index (χ4v) is 2.60. The molecule has 0 bridgehead atoms. The van der Waals surface area contributed by atoms with Crippen LogP contribution < -0.4 is 5.43 Å². The van der Waals surface area contributed by atoms with E-state index in [0.29, 0.717) is 6.42 Å². The number of amides is 2. The molecular weight excluding hydrogens is 248 g/mol. The van der Waals surface area contributed by atoms with Gasteiger partial charge in [-0.05, 0) is 12.5 Å².